The van der Waals surface area contributed by atoms with E-state index in [2.05, 4.69) is 25.9 Å². The summed E-state index contributed by atoms with van der Waals surface area (Å²) < 4.78 is 41.8. The minimum Gasteiger partial charge on any atom is -0.508 e. The van der Waals surface area contributed by atoms with Crippen LogP contribution >= 0.6 is 0 Å². The third-order valence-corrected chi connectivity index (χ3v) is 15.8. The van der Waals surface area contributed by atoms with Gasteiger partial charge in [-0.2, -0.15) is 9.97 Å². The van der Waals surface area contributed by atoms with Crippen LogP contribution in [-0.4, -0.2) is 129 Å². The number of benzene rings is 4. The maximum Gasteiger partial charge on any atom is 0.329 e. The number of anilines is 2. The van der Waals surface area contributed by atoms with Crippen LogP contribution in [0.3, 0.4) is 0 Å². The number of nitrogens with zero attached hydrogens (tertiary/aromatic N) is 8. The van der Waals surface area contributed by atoms with Gasteiger partial charge in [0.05, 0.1) is 28.8 Å². The largest absolute Gasteiger partial charge is 0.508 e. The quantitative estimate of drug-likeness (QED) is 0.101. The Morgan fingerprint density at radius 3 is 2.39 bits per heavy atom. The van der Waals surface area contributed by atoms with Crippen molar-refractivity contribution in [3.63, 3.8) is 0 Å². The van der Waals surface area contributed by atoms with Gasteiger partial charge in [-0.25, -0.2) is 13.6 Å². The molecule has 3 N–H and O–H groups in total. The van der Waals surface area contributed by atoms with E-state index in [1.165, 1.54) is 28.8 Å². The number of aliphatic hydroxyl groups is 1. The van der Waals surface area contributed by atoms with E-state index in [0.717, 1.165) is 95.7 Å². The van der Waals surface area contributed by atoms with Crippen molar-refractivity contribution in [2.45, 2.75) is 69.9 Å². The number of imidazole rings is 1. The van der Waals surface area contributed by atoms with E-state index in [1.54, 1.807) is 30.7 Å². The lowest BCUT2D eigenvalue weighted by Gasteiger charge is -2.40. The van der Waals surface area contributed by atoms with Gasteiger partial charge in [0.2, 0.25) is 11.8 Å². The van der Waals surface area contributed by atoms with Gasteiger partial charge in [-0.3, -0.25) is 28.9 Å². The van der Waals surface area contributed by atoms with Crippen LogP contribution in [0.5, 0.6) is 11.8 Å². The second-order valence-corrected chi connectivity index (χ2v) is 21.0. The monoisotopic (exact) mass is 967 g/mol. The SMILES string of the molecule is C#Cc1c(F)ccc2cc(O)cc(-c3ccc4c(N5CCC[C@@](C)(O)C5)nc(OCC5(CN6CCC(CN7CCN(c8ccc9c(c8)n(C)c(=O)n9C8CCC(=O)NC8=O)CC7)CC6)CC5)nc4c3F)c12. The fourth-order valence-corrected chi connectivity index (χ4v) is 11.7. The summed E-state index contributed by atoms with van der Waals surface area (Å²) in [6.45, 7) is 10.6. The Morgan fingerprint density at radius 1 is 0.873 bits per heavy atom. The van der Waals surface area contributed by atoms with E-state index < -0.39 is 29.2 Å². The average molecular weight is 968 g/mol. The lowest BCUT2D eigenvalue weighted by Crippen LogP contribution is -2.49. The van der Waals surface area contributed by atoms with Crippen molar-refractivity contribution >= 4 is 56.0 Å². The first-order valence-electron chi connectivity index (χ1n) is 24.9. The second kappa shape index (κ2) is 18.2. The molecule has 11 rings (SSSR count). The molecule has 71 heavy (non-hydrogen) atoms. The first-order valence-corrected chi connectivity index (χ1v) is 24.9. The number of phenols is 1. The van der Waals surface area contributed by atoms with E-state index in [-0.39, 0.29) is 57.4 Å². The number of piperidine rings is 3. The number of aryl methyl sites for hydroxylation is 1. The smallest absolute Gasteiger partial charge is 0.329 e. The van der Waals surface area contributed by atoms with Gasteiger partial charge in [-0.05, 0) is 124 Å². The average Bonchev–Trinajstić information content (AvgIpc) is 4.08. The van der Waals surface area contributed by atoms with Crippen LogP contribution in [0.4, 0.5) is 20.3 Å². The van der Waals surface area contributed by atoms with Crippen LogP contribution in [0, 0.1) is 35.3 Å². The number of hydrogen-bond donors (Lipinski definition) is 3. The highest BCUT2D eigenvalue weighted by atomic mass is 19.1. The van der Waals surface area contributed by atoms with Gasteiger partial charge in [0.1, 0.15) is 28.9 Å². The van der Waals surface area contributed by atoms with Gasteiger partial charge in [0.25, 0.3) is 0 Å². The molecule has 1 saturated carbocycles. The molecule has 2 aromatic heterocycles. The number of terminal acetylenes is 1. The molecular weight excluding hydrogens is 909 g/mol. The van der Waals surface area contributed by atoms with Gasteiger partial charge in [-0.15, -0.1) is 6.42 Å². The number of likely N-dealkylation sites (tertiary alicyclic amines) is 1. The van der Waals surface area contributed by atoms with Crippen molar-refractivity contribution in [2.24, 2.45) is 18.4 Å². The van der Waals surface area contributed by atoms with Crippen molar-refractivity contribution in [1.29, 1.82) is 0 Å². The highest BCUT2D eigenvalue weighted by Gasteiger charge is 2.46. The van der Waals surface area contributed by atoms with E-state index in [4.69, 9.17) is 21.1 Å². The Bertz CT molecular complexity index is 3220. The highest BCUT2D eigenvalue weighted by Crippen LogP contribution is 2.47. The summed E-state index contributed by atoms with van der Waals surface area (Å²) in [7, 11) is 1.73. The number of halogens is 2. The Morgan fingerprint density at radius 2 is 1.66 bits per heavy atom. The number of imide groups is 1. The minimum absolute atomic E-state index is 0.0186. The number of ether oxygens (including phenoxy) is 1. The topological polar surface area (TPSA) is 162 Å². The number of aromatic nitrogens is 4. The number of amides is 2. The van der Waals surface area contributed by atoms with Crippen molar-refractivity contribution in [3.8, 4) is 35.2 Å². The van der Waals surface area contributed by atoms with Gasteiger partial charge < -0.3 is 29.6 Å². The molecule has 17 heteroatoms. The molecule has 0 bridgehead atoms. The number of fused-ring (bicyclic) bond motifs is 3. The number of piperazine rings is 1. The molecule has 6 aromatic rings. The Labute approximate surface area is 410 Å². The number of rotatable bonds is 11. The molecule has 5 aliphatic rings. The van der Waals surface area contributed by atoms with E-state index in [0.29, 0.717) is 65.9 Å². The normalized spacial score (nSPS) is 22.3. The van der Waals surface area contributed by atoms with Crippen LogP contribution in [0.15, 0.2) is 59.4 Å². The highest BCUT2D eigenvalue weighted by molar-refractivity contribution is 6.04. The van der Waals surface area contributed by atoms with Gasteiger partial charge in [0, 0.05) is 93.3 Å². The molecule has 370 valence electrons. The zero-order valence-corrected chi connectivity index (χ0v) is 40.2. The number of phenolic OH excluding ortho intramolecular Hbond substituents is 1. The summed E-state index contributed by atoms with van der Waals surface area (Å²) in [4.78, 5) is 56.8. The number of nitrogens with one attached hydrogen (secondary N) is 1. The maximum atomic E-state index is 17.2. The summed E-state index contributed by atoms with van der Waals surface area (Å²) >= 11 is 0. The van der Waals surface area contributed by atoms with Gasteiger partial charge >= 0.3 is 11.7 Å². The molecule has 2 atom stereocenters. The summed E-state index contributed by atoms with van der Waals surface area (Å²) in [6.07, 6.45) is 11.8. The number of carbonyl (C=O) groups excluding carboxylic acids is 2. The molecule has 4 saturated heterocycles. The van der Waals surface area contributed by atoms with Crippen LogP contribution in [0.1, 0.15) is 69.9 Å². The predicted octanol–water partition coefficient (Wildman–Crippen LogP) is 6.09. The molecule has 0 spiro atoms. The zero-order valence-electron chi connectivity index (χ0n) is 40.2. The fraction of sp³-hybridized carbons (Fsp3) is 0.463. The molecule has 15 nitrogen and oxygen atoms in total. The minimum atomic E-state index is -0.967. The summed E-state index contributed by atoms with van der Waals surface area (Å²) in [6, 6.07) is 14.2. The van der Waals surface area contributed by atoms with Crippen molar-refractivity contribution in [2.75, 3.05) is 81.9 Å². The van der Waals surface area contributed by atoms with Crippen molar-refractivity contribution in [1.82, 2.24) is 34.2 Å². The van der Waals surface area contributed by atoms with E-state index in [1.807, 2.05) is 23.1 Å². The molecule has 1 aliphatic carbocycles. The molecule has 2 amide bonds. The third kappa shape index (κ3) is 8.95. The van der Waals surface area contributed by atoms with E-state index >= 15 is 8.78 Å². The summed E-state index contributed by atoms with van der Waals surface area (Å²) in [5, 5.41) is 25.4. The standard InChI is InChI=1S/C54H59F2N9O6/c1-4-37-41(55)10-6-34-26-36(66)28-40(46(34)37)38-8-9-39-48(47(38)56)58-51(59-49(39)64-19-5-16-53(2,70)30-64)71-32-54(17-18-54)31-62-20-14-33(15-21-62)29-61-22-24-63(25-23-61)35-7-11-42-44(27-35)60(3)52(69)65(42)43-12-13-45(67)57-50(43)68/h1,6-11,26-28,33,43,66,70H,5,12-25,29-32H2,2-3H3,(H,57,67,68)/t43?,53-/m1/s1. The number of aromatic hydroxyl groups is 1. The van der Waals surface area contributed by atoms with Crippen LogP contribution in [0.25, 0.3) is 43.8 Å². The molecule has 1 unspecified atom stereocenters. The molecule has 4 aromatic carbocycles. The molecule has 4 aliphatic heterocycles. The third-order valence-electron chi connectivity index (χ3n) is 15.8. The second-order valence-electron chi connectivity index (χ2n) is 21.0. The number of carbonyl (C=O) groups is 2. The first-order chi connectivity index (χ1) is 34.2. The molecular formula is C54H59F2N9O6. The Balaban J connectivity index is 0.735. The molecule has 0 radical (unpaired) electrons. The fourth-order valence-electron chi connectivity index (χ4n) is 11.7. The van der Waals surface area contributed by atoms with Gasteiger partial charge in [-0.1, -0.05) is 18.1 Å². The molecule has 5 fully saturated rings. The molecule has 6 heterocycles. The summed E-state index contributed by atoms with van der Waals surface area (Å²) in [5.74, 6) is 1.30. The Hall–Kier alpha value is -6.61. The maximum absolute atomic E-state index is 17.2. The number of β-amino-alcohol motifs (C(OH)–C–C–N with tert-alkyl or cyclic N) is 1. The van der Waals surface area contributed by atoms with E-state index in [9.17, 15) is 24.6 Å². The van der Waals surface area contributed by atoms with Crippen molar-refractivity contribution in [3.05, 3.63) is 82.3 Å². The predicted molar refractivity (Wildman–Crippen MR) is 268 cm³/mol. The van der Waals surface area contributed by atoms with Gasteiger partial charge in [0.15, 0.2) is 5.82 Å². The lowest BCUT2D eigenvalue weighted by molar-refractivity contribution is -0.135. The van der Waals surface area contributed by atoms with Crippen LogP contribution < -0.4 is 25.5 Å². The number of hydrogen-bond acceptors (Lipinski definition) is 12. The lowest BCUT2D eigenvalue weighted by atomic mass is 9.92. The zero-order chi connectivity index (χ0) is 49.3. The van der Waals surface area contributed by atoms with Crippen LogP contribution in [0.2, 0.25) is 0 Å². The van der Waals surface area contributed by atoms with Crippen LogP contribution in [-0.2, 0) is 16.6 Å². The summed E-state index contributed by atoms with van der Waals surface area (Å²) in [5.41, 5.74) is 1.51. The first kappa shape index (κ1) is 46.8. The van der Waals surface area contributed by atoms with Crippen molar-refractivity contribution < 1.29 is 33.3 Å². The Kier molecular flexibility index (Phi) is 12.0.